The number of nitrogens with zero attached hydrogens (tertiary/aromatic N) is 2. The van der Waals surface area contributed by atoms with E-state index in [-0.39, 0.29) is 5.56 Å². The van der Waals surface area contributed by atoms with E-state index in [1.54, 1.807) is 41.3 Å². The van der Waals surface area contributed by atoms with Gasteiger partial charge in [0, 0.05) is 50.7 Å². The average molecular weight is 460 g/mol. The van der Waals surface area contributed by atoms with Gasteiger partial charge >= 0.3 is 0 Å². The number of nitrogen functional groups attached to an aromatic ring is 1. The number of aromatic nitrogens is 2. The first-order valence-electron chi connectivity index (χ1n) is 9.86. The maximum atomic E-state index is 13.0. The number of hydrogen-bond acceptors (Lipinski definition) is 4. The molecule has 2 aromatic heterocycles. The Balaban J connectivity index is 1.81. The van der Waals surface area contributed by atoms with E-state index in [2.05, 4.69) is 4.98 Å². The first-order chi connectivity index (χ1) is 15.4. The zero-order valence-corrected chi connectivity index (χ0v) is 18.7. The fourth-order valence-electron chi connectivity index (χ4n) is 3.86. The van der Waals surface area contributed by atoms with E-state index in [0.29, 0.717) is 21.3 Å². The molecule has 32 heavy (non-hydrogen) atoms. The van der Waals surface area contributed by atoms with Crippen LogP contribution < -0.4 is 11.3 Å². The lowest BCUT2D eigenvalue weighted by Crippen LogP contribution is -2.17. The molecule has 3 aromatic carbocycles. The standard InChI is InChI=1S/C25H18ClN3O2S/c1-32(31)19-7-5-18(6-8-19)29-24(30)11-4-17-14-28-23-10-3-15(12-20(23)25(17)29)16-2-9-21(26)22(27)13-16/h2-14H,27H2,1H3. The number of halogens is 1. The second-order valence-corrected chi connectivity index (χ2v) is 9.27. The molecule has 0 fully saturated rings. The molecule has 158 valence electrons. The summed E-state index contributed by atoms with van der Waals surface area (Å²) in [6, 6.07) is 21.9. The molecule has 0 spiro atoms. The Morgan fingerprint density at radius 2 is 1.66 bits per heavy atom. The largest absolute Gasteiger partial charge is 0.398 e. The molecular weight excluding hydrogens is 442 g/mol. The predicted molar refractivity (Wildman–Crippen MR) is 132 cm³/mol. The van der Waals surface area contributed by atoms with Gasteiger partial charge in [-0.2, -0.15) is 0 Å². The molecule has 0 bridgehead atoms. The van der Waals surface area contributed by atoms with Gasteiger partial charge in [-0.1, -0.05) is 23.7 Å². The SMILES string of the molecule is CS(=O)c1ccc(-n2c(=O)ccc3cnc4ccc(-c5ccc(Cl)c(N)c5)cc4c32)cc1. The minimum absolute atomic E-state index is 0.156. The number of benzene rings is 3. The molecule has 5 aromatic rings. The molecule has 0 saturated carbocycles. The van der Waals surface area contributed by atoms with Gasteiger partial charge in [0.1, 0.15) is 0 Å². The molecule has 0 aliphatic heterocycles. The molecule has 0 aliphatic carbocycles. The van der Waals surface area contributed by atoms with Gasteiger partial charge in [0.2, 0.25) is 0 Å². The van der Waals surface area contributed by atoms with E-state index in [9.17, 15) is 9.00 Å². The number of nitrogens with two attached hydrogens (primary N) is 1. The van der Waals surface area contributed by atoms with Crippen molar-refractivity contribution in [2.24, 2.45) is 0 Å². The van der Waals surface area contributed by atoms with Crippen LogP contribution in [0.3, 0.4) is 0 Å². The van der Waals surface area contributed by atoms with Crippen molar-refractivity contribution in [2.75, 3.05) is 12.0 Å². The molecule has 2 heterocycles. The molecule has 0 amide bonds. The summed E-state index contributed by atoms with van der Waals surface area (Å²) in [7, 11) is -1.09. The van der Waals surface area contributed by atoms with Crippen LogP contribution in [0.25, 0.3) is 38.6 Å². The van der Waals surface area contributed by atoms with E-state index >= 15 is 0 Å². The van der Waals surface area contributed by atoms with Crippen molar-refractivity contribution in [3.05, 3.63) is 94.4 Å². The summed E-state index contributed by atoms with van der Waals surface area (Å²) in [6.45, 7) is 0. The monoisotopic (exact) mass is 459 g/mol. The molecule has 1 unspecified atom stereocenters. The summed E-state index contributed by atoms with van der Waals surface area (Å²) in [5.74, 6) is 0. The molecular formula is C25H18ClN3O2S. The summed E-state index contributed by atoms with van der Waals surface area (Å²) < 4.78 is 13.4. The fraction of sp³-hybridized carbons (Fsp3) is 0.0400. The Morgan fingerprint density at radius 3 is 2.38 bits per heavy atom. The van der Waals surface area contributed by atoms with Crippen LogP contribution in [0.15, 0.2) is 88.7 Å². The molecule has 7 heteroatoms. The smallest absolute Gasteiger partial charge is 0.255 e. The highest BCUT2D eigenvalue weighted by Gasteiger charge is 2.12. The number of anilines is 1. The fourth-order valence-corrected chi connectivity index (χ4v) is 4.49. The highest BCUT2D eigenvalue weighted by molar-refractivity contribution is 7.84. The first-order valence-corrected chi connectivity index (χ1v) is 11.8. The van der Waals surface area contributed by atoms with Gasteiger partial charge in [0.25, 0.3) is 5.56 Å². The van der Waals surface area contributed by atoms with Crippen LogP contribution in [0.4, 0.5) is 5.69 Å². The minimum atomic E-state index is -1.09. The zero-order chi connectivity index (χ0) is 22.4. The van der Waals surface area contributed by atoms with E-state index in [0.717, 1.165) is 32.9 Å². The van der Waals surface area contributed by atoms with Gasteiger partial charge in [-0.25, -0.2) is 0 Å². The third kappa shape index (κ3) is 3.47. The van der Waals surface area contributed by atoms with E-state index in [1.807, 2.05) is 42.5 Å². The van der Waals surface area contributed by atoms with Crippen molar-refractivity contribution in [3.8, 4) is 16.8 Å². The van der Waals surface area contributed by atoms with Crippen LogP contribution in [0.2, 0.25) is 5.02 Å². The van der Waals surface area contributed by atoms with E-state index < -0.39 is 10.8 Å². The van der Waals surface area contributed by atoms with Crippen molar-refractivity contribution >= 4 is 49.9 Å². The third-order valence-corrected chi connectivity index (χ3v) is 6.75. The Kier molecular flexibility index (Phi) is 5.04. The average Bonchev–Trinajstić information content (AvgIpc) is 2.80. The summed E-state index contributed by atoms with van der Waals surface area (Å²) in [6.07, 6.45) is 3.40. The first kappa shape index (κ1) is 20.4. The van der Waals surface area contributed by atoms with Crippen LogP contribution in [-0.2, 0) is 10.8 Å². The third-order valence-electron chi connectivity index (χ3n) is 5.47. The molecule has 5 rings (SSSR count). The molecule has 5 nitrogen and oxygen atoms in total. The van der Waals surface area contributed by atoms with Gasteiger partial charge in [-0.3, -0.25) is 18.6 Å². The van der Waals surface area contributed by atoms with E-state index in [4.69, 9.17) is 17.3 Å². The highest BCUT2D eigenvalue weighted by atomic mass is 35.5. The van der Waals surface area contributed by atoms with Crippen LogP contribution in [-0.4, -0.2) is 20.0 Å². The Hall–Kier alpha value is -3.48. The maximum absolute atomic E-state index is 13.0. The Morgan fingerprint density at radius 1 is 0.938 bits per heavy atom. The van der Waals surface area contributed by atoms with Crippen LogP contribution in [0.5, 0.6) is 0 Å². The number of hydrogen-bond donors (Lipinski definition) is 1. The number of fused-ring (bicyclic) bond motifs is 3. The topological polar surface area (TPSA) is 78.0 Å². The number of rotatable bonds is 3. The lowest BCUT2D eigenvalue weighted by Gasteiger charge is -2.14. The maximum Gasteiger partial charge on any atom is 0.255 e. The second-order valence-electron chi connectivity index (χ2n) is 7.49. The van der Waals surface area contributed by atoms with Gasteiger partial charge in [0.15, 0.2) is 0 Å². The molecule has 2 N–H and O–H groups in total. The van der Waals surface area contributed by atoms with Crippen molar-refractivity contribution in [2.45, 2.75) is 4.90 Å². The van der Waals surface area contributed by atoms with Crippen LogP contribution >= 0.6 is 11.6 Å². The summed E-state index contributed by atoms with van der Waals surface area (Å²) in [4.78, 5) is 18.3. The van der Waals surface area contributed by atoms with Gasteiger partial charge in [-0.15, -0.1) is 0 Å². The second kappa shape index (κ2) is 7.89. The van der Waals surface area contributed by atoms with E-state index in [1.165, 1.54) is 6.07 Å². The molecule has 1 atom stereocenters. The van der Waals surface area contributed by atoms with Crippen LogP contribution in [0, 0.1) is 0 Å². The van der Waals surface area contributed by atoms with Gasteiger partial charge < -0.3 is 5.73 Å². The summed E-state index contributed by atoms with van der Waals surface area (Å²) in [5, 5.41) is 2.19. The molecule has 0 radical (unpaired) electrons. The Bertz CT molecular complexity index is 1590. The minimum Gasteiger partial charge on any atom is -0.398 e. The predicted octanol–water partition coefficient (Wildman–Crippen LogP) is 5.18. The Labute approximate surface area is 191 Å². The van der Waals surface area contributed by atoms with Crippen molar-refractivity contribution in [1.29, 1.82) is 0 Å². The normalized spacial score (nSPS) is 12.3. The highest BCUT2D eigenvalue weighted by Crippen LogP contribution is 2.31. The van der Waals surface area contributed by atoms with Gasteiger partial charge in [-0.05, 0) is 65.7 Å². The van der Waals surface area contributed by atoms with Crippen LogP contribution in [0.1, 0.15) is 0 Å². The van der Waals surface area contributed by atoms with Crippen molar-refractivity contribution in [3.63, 3.8) is 0 Å². The lowest BCUT2D eigenvalue weighted by atomic mass is 10.0. The summed E-state index contributed by atoms with van der Waals surface area (Å²) in [5.41, 5.74) is 10.4. The van der Waals surface area contributed by atoms with Crippen molar-refractivity contribution < 1.29 is 4.21 Å². The van der Waals surface area contributed by atoms with Gasteiger partial charge in [0.05, 0.1) is 21.7 Å². The number of pyridine rings is 2. The molecule has 0 aliphatic rings. The summed E-state index contributed by atoms with van der Waals surface area (Å²) >= 11 is 6.09. The van der Waals surface area contributed by atoms with Crippen molar-refractivity contribution in [1.82, 2.24) is 9.55 Å². The molecule has 0 saturated heterocycles. The quantitative estimate of drug-likeness (QED) is 0.298. The lowest BCUT2D eigenvalue weighted by molar-refractivity contribution is 0.687. The zero-order valence-electron chi connectivity index (χ0n) is 17.1.